The van der Waals surface area contributed by atoms with Gasteiger partial charge in [-0.2, -0.15) is 0 Å². The highest BCUT2D eigenvalue weighted by atomic mass is 16.6. The molecule has 2 aromatic rings. The number of likely N-dealkylation sites (tertiary alicyclic amines) is 2. The van der Waals surface area contributed by atoms with Crippen LogP contribution in [-0.4, -0.2) is 132 Å². The summed E-state index contributed by atoms with van der Waals surface area (Å²) in [5.41, 5.74) is 4.42. The number of hydrogen-bond donors (Lipinski definition) is 2. The van der Waals surface area contributed by atoms with Crippen LogP contribution in [0, 0.1) is 6.92 Å². The highest BCUT2D eigenvalue weighted by Crippen LogP contribution is 2.28. The molecule has 4 aliphatic heterocycles. The molecule has 0 aromatic heterocycles. The van der Waals surface area contributed by atoms with Crippen LogP contribution in [0.25, 0.3) is 0 Å². The molecule has 0 saturated carbocycles. The summed E-state index contributed by atoms with van der Waals surface area (Å²) in [5, 5.41) is 13.6. The van der Waals surface area contributed by atoms with Crippen molar-refractivity contribution in [2.75, 3.05) is 71.3 Å². The van der Waals surface area contributed by atoms with Gasteiger partial charge in [-0.1, -0.05) is 44.7 Å². The number of aryl methyl sites for hydroxylation is 2. The average Bonchev–Trinajstić information content (AvgIpc) is 3.27. The maximum absolute atomic E-state index is 14.1. The number of hydrogen-bond acceptors (Lipinski definition) is 7. The topological polar surface area (TPSA) is 109 Å². The van der Waals surface area contributed by atoms with Crippen LogP contribution in [0.5, 0.6) is 5.75 Å². The number of urea groups is 1. The molecule has 11 heteroatoms. The highest BCUT2D eigenvalue weighted by molar-refractivity contribution is 5.91. The fourth-order valence-electron chi connectivity index (χ4n) is 7.88. The van der Waals surface area contributed by atoms with Crippen LogP contribution in [0.4, 0.5) is 15.3 Å². The quantitative estimate of drug-likeness (QED) is 0.436. The molecular formula is C38H56N6O5. The van der Waals surface area contributed by atoms with E-state index >= 15 is 0 Å². The van der Waals surface area contributed by atoms with Crippen molar-refractivity contribution in [1.82, 2.24) is 24.5 Å². The Morgan fingerprint density at radius 3 is 2.29 bits per heavy atom. The van der Waals surface area contributed by atoms with E-state index < -0.39 is 12.2 Å². The number of nitrogens with zero attached hydrogens (tertiary/aromatic N) is 5. The zero-order valence-electron chi connectivity index (χ0n) is 28.8. The number of aromatic hydroxyl groups is 1. The van der Waals surface area contributed by atoms with E-state index in [0.29, 0.717) is 58.0 Å². The largest absolute Gasteiger partial charge is 0.507 e. The molecule has 0 bridgehead atoms. The van der Waals surface area contributed by atoms with Crippen molar-refractivity contribution in [1.29, 1.82) is 0 Å². The Kier molecular flexibility index (Phi) is 12.1. The van der Waals surface area contributed by atoms with Crippen LogP contribution in [0.15, 0.2) is 36.4 Å². The zero-order valence-corrected chi connectivity index (χ0v) is 28.8. The summed E-state index contributed by atoms with van der Waals surface area (Å²) in [6.45, 7) is 10.5. The number of amides is 4. The second-order valence-electron chi connectivity index (χ2n) is 14.0. The van der Waals surface area contributed by atoms with Gasteiger partial charge in [-0.05, 0) is 93.9 Å². The SMILES string of the molecule is C.CCc1cc(C[C@@H](OC(=O)N2CCC(N3CCc4ccccc4NC3=O)CC2)C(=O)N2CCN(C3CCN(C)CC3)CC2)cc(C)c1O. The van der Waals surface area contributed by atoms with Crippen molar-refractivity contribution in [2.24, 2.45) is 0 Å². The fraction of sp³-hybridized carbons (Fsp3) is 0.605. The first kappa shape index (κ1) is 36.5. The van der Waals surface area contributed by atoms with Gasteiger partial charge in [0.25, 0.3) is 5.91 Å². The van der Waals surface area contributed by atoms with Crippen LogP contribution in [-0.2, 0) is 28.8 Å². The molecule has 2 N–H and O–H groups in total. The second kappa shape index (κ2) is 16.3. The summed E-state index contributed by atoms with van der Waals surface area (Å²) < 4.78 is 6.09. The van der Waals surface area contributed by atoms with Gasteiger partial charge in [-0.3, -0.25) is 9.69 Å². The minimum absolute atomic E-state index is 0. The lowest BCUT2D eigenvalue weighted by Crippen LogP contribution is -2.56. The number of rotatable bonds is 7. The van der Waals surface area contributed by atoms with Crippen LogP contribution in [0.3, 0.4) is 0 Å². The van der Waals surface area contributed by atoms with Crippen LogP contribution in [0.1, 0.15) is 62.3 Å². The van der Waals surface area contributed by atoms with E-state index in [1.54, 1.807) is 4.90 Å². The van der Waals surface area contributed by atoms with Gasteiger partial charge in [0.15, 0.2) is 6.10 Å². The molecule has 4 aliphatic rings. The summed E-state index contributed by atoms with van der Waals surface area (Å²) >= 11 is 0. The van der Waals surface area contributed by atoms with E-state index in [0.717, 1.165) is 73.4 Å². The van der Waals surface area contributed by atoms with Gasteiger partial charge in [-0.15, -0.1) is 0 Å². The van der Waals surface area contributed by atoms with E-state index in [9.17, 15) is 19.5 Å². The Hall–Kier alpha value is -3.83. The number of anilines is 1. The van der Waals surface area contributed by atoms with Gasteiger partial charge in [0.1, 0.15) is 5.75 Å². The predicted octanol–water partition coefficient (Wildman–Crippen LogP) is 4.74. The lowest BCUT2D eigenvalue weighted by molar-refractivity contribution is -0.143. The van der Waals surface area contributed by atoms with E-state index in [-0.39, 0.29) is 37.6 Å². The smallest absolute Gasteiger partial charge is 0.410 e. The standard InChI is InChI=1S/C37H52N6O5.CH4/c1-4-28-24-27(23-26(2)34(28)44)25-33(35(45)41-21-19-40(20-22-41)30-10-14-39(3)15-11-30)48-37(47)42-16-12-31(13-17-42)43-18-9-29-7-5-6-8-32(29)38-36(43)46;/h5-8,23-24,30-31,33,44H,4,9-22,25H2,1-3H3,(H,38,46);1H4/t33-;/m1./s1. The van der Waals surface area contributed by atoms with Gasteiger partial charge < -0.3 is 34.8 Å². The van der Waals surface area contributed by atoms with Crippen molar-refractivity contribution in [3.63, 3.8) is 0 Å². The molecule has 0 spiro atoms. The number of piperazine rings is 1. The van der Waals surface area contributed by atoms with Gasteiger partial charge in [0, 0.05) is 70.0 Å². The molecule has 0 radical (unpaired) electrons. The minimum atomic E-state index is -0.964. The number of ether oxygens (including phenoxy) is 1. The Morgan fingerprint density at radius 2 is 1.59 bits per heavy atom. The lowest BCUT2D eigenvalue weighted by atomic mass is 9.98. The number of para-hydroxylation sites is 1. The van der Waals surface area contributed by atoms with E-state index in [1.807, 2.05) is 60.0 Å². The lowest BCUT2D eigenvalue weighted by Gasteiger charge is -2.42. The summed E-state index contributed by atoms with van der Waals surface area (Å²) in [5.74, 6) is 0.113. The summed E-state index contributed by atoms with van der Waals surface area (Å²) in [6.07, 6.45) is 3.83. The number of piperidine rings is 2. The first-order valence-corrected chi connectivity index (χ1v) is 17.8. The number of phenols is 1. The zero-order chi connectivity index (χ0) is 33.8. The predicted molar refractivity (Wildman–Crippen MR) is 192 cm³/mol. The number of fused-ring (bicyclic) bond motifs is 1. The number of benzene rings is 2. The summed E-state index contributed by atoms with van der Waals surface area (Å²) in [7, 11) is 2.17. The minimum Gasteiger partial charge on any atom is -0.507 e. The maximum atomic E-state index is 14.1. The molecule has 11 nitrogen and oxygen atoms in total. The molecule has 1 atom stereocenters. The van der Waals surface area contributed by atoms with Crippen LogP contribution >= 0.6 is 0 Å². The molecule has 6 rings (SSSR count). The number of carbonyl (C=O) groups is 3. The molecule has 4 amide bonds. The summed E-state index contributed by atoms with van der Waals surface area (Å²) in [6, 6.07) is 12.2. The Labute approximate surface area is 292 Å². The third-order valence-corrected chi connectivity index (χ3v) is 10.9. The van der Waals surface area contributed by atoms with Gasteiger partial charge in [0.05, 0.1) is 0 Å². The average molecular weight is 677 g/mol. The van der Waals surface area contributed by atoms with Gasteiger partial charge in [-0.25, -0.2) is 9.59 Å². The third kappa shape index (κ3) is 8.49. The van der Waals surface area contributed by atoms with Gasteiger partial charge >= 0.3 is 12.1 Å². The molecule has 3 fully saturated rings. The molecule has 0 unspecified atom stereocenters. The van der Waals surface area contributed by atoms with Crippen molar-refractivity contribution in [3.05, 3.63) is 58.7 Å². The monoisotopic (exact) mass is 676 g/mol. The van der Waals surface area contributed by atoms with Crippen molar-refractivity contribution >= 4 is 23.7 Å². The Bertz CT molecular complexity index is 1460. The Morgan fingerprint density at radius 1 is 0.918 bits per heavy atom. The Balaban J connectivity index is 0.00000468. The van der Waals surface area contributed by atoms with E-state index in [1.165, 1.54) is 0 Å². The van der Waals surface area contributed by atoms with Crippen molar-refractivity contribution < 1.29 is 24.2 Å². The molecule has 0 aliphatic carbocycles. The normalized spacial score (nSPS) is 20.6. The van der Waals surface area contributed by atoms with Crippen LogP contribution < -0.4 is 5.32 Å². The van der Waals surface area contributed by atoms with E-state index in [4.69, 9.17) is 4.74 Å². The van der Waals surface area contributed by atoms with E-state index in [2.05, 4.69) is 22.2 Å². The highest BCUT2D eigenvalue weighted by Gasteiger charge is 2.36. The fourth-order valence-corrected chi connectivity index (χ4v) is 7.88. The maximum Gasteiger partial charge on any atom is 0.410 e. The number of nitrogens with one attached hydrogen (secondary N) is 1. The third-order valence-electron chi connectivity index (χ3n) is 10.9. The molecule has 3 saturated heterocycles. The summed E-state index contributed by atoms with van der Waals surface area (Å²) in [4.78, 5) is 51.2. The second-order valence-corrected chi connectivity index (χ2v) is 14.0. The molecule has 4 heterocycles. The molecule has 49 heavy (non-hydrogen) atoms. The van der Waals surface area contributed by atoms with Crippen molar-refractivity contribution in [2.45, 2.75) is 84.4 Å². The number of carbonyl (C=O) groups excluding carboxylic acids is 3. The molecule has 2 aromatic carbocycles. The van der Waals surface area contributed by atoms with Crippen molar-refractivity contribution in [3.8, 4) is 5.75 Å². The first-order valence-electron chi connectivity index (χ1n) is 17.8. The van der Waals surface area contributed by atoms with Gasteiger partial charge in [0.2, 0.25) is 0 Å². The molecule has 268 valence electrons. The first-order chi connectivity index (χ1) is 23.2. The number of phenolic OH excluding ortho intramolecular Hbond substituents is 1. The molecular weight excluding hydrogens is 620 g/mol. The van der Waals surface area contributed by atoms with Crippen LogP contribution in [0.2, 0.25) is 0 Å².